The van der Waals surface area contributed by atoms with Crippen LogP contribution in [0.2, 0.25) is 0 Å². The molecule has 4 nitrogen and oxygen atoms in total. The van der Waals surface area contributed by atoms with Crippen molar-refractivity contribution >= 4 is 38.7 Å². The molecule has 1 aromatic carbocycles. The molecule has 106 valence electrons. The molecule has 3 aromatic rings. The second-order valence-corrected chi connectivity index (χ2v) is 5.68. The van der Waals surface area contributed by atoms with E-state index < -0.39 is 0 Å². The highest BCUT2D eigenvalue weighted by Crippen LogP contribution is 2.34. The van der Waals surface area contributed by atoms with E-state index in [1.165, 1.54) is 23.5 Å². The van der Waals surface area contributed by atoms with Crippen LogP contribution in [0.15, 0.2) is 36.7 Å². The van der Waals surface area contributed by atoms with Gasteiger partial charge in [-0.05, 0) is 36.8 Å². The van der Waals surface area contributed by atoms with E-state index in [-0.39, 0.29) is 11.7 Å². The summed E-state index contributed by atoms with van der Waals surface area (Å²) < 4.78 is 14.0. The highest BCUT2D eigenvalue weighted by Gasteiger charge is 2.17. The topological polar surface area (TPSA) is 68.0 Å². The number of nitrogen functional groups attached to an aromatic ring is 1. The van der Waals surface area contributed by atoms with Crippen LogP contribution in [0.1, 0.15) is 15.2 Å². The smallest absolute Gasteiger partial charge is 0.267 e. The highest BCUT2D eigenvalue weighted by atomic mass is 32.1. The molecule has 21 heavy (non-hydrogen) atoms. The Balaban J connectivity index is 1.99. The van der Waals surface area contributed by atoms with Crippen molar-refractivity contribution in [1.29, 1.82) is 0 Å². The van der Waals surface area contributed by atoms with Crippen LogP contribution in [-0.2, 0) is 0 Å². The molecule has 0 saturated carbocycles. The van der Waals surface area contributed by atoms with Crippen LogP contribution in [0, 0.1) is 12.7 Å². The van der Waals surface area contributed by atoms with Crippen molar-refractivity contribution in [3.8, 4) is 0 Å². The lowest BCUT2D eigenvalue weighted by Gasteiger charge is -2.06. The molecular formula is C15H12FN3OS. The first-order valence-electron chi connectivity index (χ1n) is 6.26. The predicted octanol–water partition coefficient (Wildman–Crippen LogP) is 3.58. The number of aromatic nitrogens is 1. The predicted molar refractivity (Wildman–Crippen MR) is 83.1 cm³/mol. The first-order valence-corrected chi connectivity index (χ1v) is 7.07. The Labute approximate surface area is 124 Å². The van der Waals surface area contributed by atoms with Crippen molar-refractivity contribution in [3.63, 3.8) is 0 Å². The maximum atomic E-state index is 13.3. The second-order valence-electron chi connectivity index (χ2n) is 4.63. The fourth-order valence-corrected chi connectivity index (χ4v) is 3.03. The minimum Gasteiger partial charge on any atom is -0.397 e. The number of pyridine rings is 1. The monoisotopic (exact) mass is 301 g/mol. The maximum Gasteiger partial charge on any atom is 0.267 e. The van der Waals surface area contributed by atoms with Gasteiger partial charge in [0.1, 0.15) is 10.7 Å². The van der Waals surface area contributed by atoms with Gasteiger partial charge in [0.2, 0.25) is 0 Å². The van der Waals surface area contributed by atoms with Crippen LogP contribution in [0.4, 0.5) is 15.8 Å². The van der Waals surface area contributed by atoms with Crippen LogP contribution in [0.3, 0.4) is 0 Å². The van der Waals surface area contributed by atoms with Crippen molar-refractivity contribution < 1.29 is 9.18 Å². The molecule has 0 atom stereocenters. The number of carbonyl (C=O) groups excluding carboxylic acids is 1. The van der Waals surface area contributed by atoms with Gasteiger partial charge in [-0.1, -0.05) is 0 Å². The summed E-state index contributed by atoms with van der Waals surface area (Å²) in [5.74, 6) is -0.688. The lowest BCUT2D eigenvalue weighted by Crippen LogP contribution is -2.13. The van der Waals surface area contributed by atoms with E-state index in [2.05, 4.69) is 10.3 Å². The van der Waals surface area contributed by atoms with Gasteiger partial charge in [-0.25, -0.2) is 4.39 Å². The Bertz CT molecular complexity index is 844. The number of nitrogens with one attached hydrogen (secondary N) is 1. The van der Waals surface area contributed by atoms with E-state index in [9.17, 15) is 9.18 Å². The molecule has 0 fully saturated rings. The SMILES string of the molecule is Cc1ccncc1NC(=O)c1sc2ccc(F)cc2c1N. The number of hydrogen-bond donors (Lipinski definition) is 2. The number of halogens is 1. The first kappa shape index (κ1) is 13.5. The zero-order chi connectivity index (χ0) is 15.0. The summed E-state index contributed by atoms with van der Waals surface area (Å²) >= 11 is 1.24. The van der Waals surface area contributed by atoms with Gasteiger partial charge >= 0.3 is 0 Å². The zero-order valence-corrected chi connectivity index (χ0v) is 12.0. The second kappa shape index (κ2) is 5.14. The number of hydrogen-bond acceptors (Lipinski definition) is 4. The Morgan fingerprint density at radius 3 is 2.95 bits per heavy atom. The number of benzene rings is 1. The summed E-state index contributed by atoms with van der Waals surface area (Å²) in [5.41, 5.74) is 7.80. The number of fused-ring (bicyclic) bond motifs is 1. The Hall–Kier alpha value is -2.47. The quantitative estimate of drug-likeness (QED) is 0.760. The zero-order valence-electron chi connectivity index (χ0n) is 11.2. The number of carbonyl (C=O) groups is 1. The van der Waals surface area contributed by atoms with Crippen LogP contribution >= 0.6 is 11.3 Å². The van der Waals surface area contributed by atoms with Gasteiger partial charge in [0.25, 0.3) is 5.91 Å². The van der Waals surface area contributed by atoms with Crippen LogP contribution in [0.25, 0.3) is 10.1 Å². The number of amides is 1. The van der Waals surface area contributed by atoms with Gasteiger partial charge in [-0.15, -0.1) is 11.3 Å². The van der Waals surface area contributed by atoms with Gasteiger partial charge < -0.3 is 11.1 Å². The van der Waals surface area contributed by atoms with E-state index in [0.717, 1.165) is 10.3 Å². The van der Waals surface area contributed by atoms with Gasteiger partial charge in [0.05, 0.1) is 17.6 Å². The number of aryl methyl sites for hydroxylation is 1. The summed E-state index contributed by atoms with van der Waals surface area (Å²) in [6, 6.07) is 6.12. The van der Waals surface area contributed by atoms with Crippen molar-refractivity contribution in [2.24, 2.45) is 0 Å². The molecule has 2 aromatic heterocycles. The van der Waals surface area contributed by atoms with Gasteiger partial charge in [-0.3, -0.25) is 9.78 Å². The first-order chi connectivity index (χ1) is 10.1. The number of rotatable bonds is 2. The minimum absolute atomic E-state index is 0.300. The summed E-state index contributed by atoms with van der Waals surface area (Å²) in [6.45, 7) is 1.88. The lowest BCUT2D eigenvalue weighted by molar-refractivity contribution is 0.103. The van der Waals surface area contributed by atoms with E-state index in [1.807, 2.05) is 6.92 Å². The lowest BCUT2D eigenvalue weighted by atomic mass is 10.2. The summed E-state index contributed by atoms with van der Waals surface area (Å²) in [4.78, 5) is 16.7. The number of anilines is 2. The van der Waals surface area contributed by atoms with Crippen molar-refractivity contribution in [1.82, 2.24) is 4.98 Å². The van der Waals surface area contributed by atoms with Crippen molar-refractivity contribution in [2.75, 3.05) is 11.1 Å². The van der Waals surface area contributed by atoms with E-state index in [0.29, 0.717) is 21.6 Å². The largest absolute Gasteiger partial charge is 0.397 e. The average molecular weight is 301 g/mol. The van der Waals surface area contributed by atoms with E-state index >= 15 is 0 Å². The third kappa shape index (κ3) is 2.45. The number of thiophene rings is 1. The Morgan fingerprint density at radius 1 is 1.38 bits per heavy atom. The average Bonchev–Trinajstić information content (AvgIpc) is 2.79. The van der Waals surface area contributed by atoms with E-state index in [4.69, 9.17) is 5.73 Å². The molecule has 0 aliphatic carbocycles. The molecule has 0 bridgehead atoms. The third-order valence-electron chi connectivity index (χ3n) is 3.18. The highest BCUT2D eigenvalue weighted by molar-refractivity contribution is 7.21. The fourth-order valence-electron chi connectivity index (χ4n) is 2.03. The normalized spacial score (nSPS) is 10.8. The van der Waals surface area contributed by atoms with Crippen LogP contribution < -0.4 is 11.1 Å². The molecule has 6 heteroatoms. The van der Waals surface area contributed by atoms with Crippen LogP contribution in [-0.4, -0.2) is 10.9 Å². The molecule has 1 amide bonds. The minimum atomic E-state index is -0.373. The van der Waals surface area contributed by atoms with Gasteiger partial charge in [0, 0.05) is 16.3 Å². The van der Waals surface area contributed by atoms with Crippen molar-refractivity contribution in [3.05, 3.63) is 52.9 Å². The van der Waals surface area contributed by atoms with Gasteiger partial charge in [-0.2, -0.15) is 0 Å². The molecule has 3 N–H and O–H groups in total. The van der Waals surface area contributed by atoms with Gasteiger partial charge in [0.15, 0.2) is 0 Å². The van der Waals surface area contributed by atoms with E-state index in [1.54, 1.807) is 24.5 Å². The Morgan fingerprint density at radius 2 is 2.19 bits per heavy atom. The molecule has 0 unspecified atom stereocenters. The molecule has 3 rings (SSSR count). The number of nitrogens with two attached hydrogens (primary N) is 1. The molecule has 0 saturated heterocycles. The summed E-state index contributed by atoms with van der Waals surface area (Å²) in [6.07, 6.45) is 3.23. The summed E-state index contributed by atoms with van der Waals surface area (Å²) in [7, 11) is 0. The molecule has 0 radical (unpaired) electrons. The molecular weight excluding hydrogens is 289 g/mol. The Kier molecular flexibility index (Phi) is 3.31. The number of nitrogens with zero attached hydrogens (tertiary/aromatic N) is 1. The fraction of sp³-hybridized carbons (Fsp3) is 0.0667. The van der Waals surface area contributed by atoms with Crippen molar-refractivity contribution in [2.45, 2.75) is 6.92 Å². The molecule has 0 spiro atoms. The molecule has 2 heterocycles. The standard InChI is InChI=1S/C15H12FN3OS/c1-8-4-5-18-7-11(8)19-15(20)14-13(17)10-6-9(16)2-3-12(10)21-14/h2-7H,17H2,1H3,(H,19,20). The summed E-state index contributed by atoms with van der Waals surface area (Å²) in [5, 5.41) is 3.34. The van der Waals surface area contributed by atoms with Crippen LogP contribution in [0.5, 0.6) is 0 Å². The maximum absolute atomic E-state index is 13.3. The molecule has 0 aliphatic rings. The third-order valence-corrected chi connectivity index (χ3v) is 4.37. The molecule has 0 aliphatic heterocycles.